The first-order valence-corrected chi connectivity index (χ1v) is 4.84. The minimum absolute atomic E-state index is 0.329. The average Bonchev–Trinajstić information content (AvgIpc) is 2.92. The number of aliphatic carboxylic acids is 1. The van der Waals surface area contributed by atoms with Crippen LogP contribution >= 0.6 is 0 Å². The first-order chi connectivity index (χ1) is 6.70. The lowest BCUT2D eigenvalue weighted by Crippen LogP contribution is -2.15. The number of hydrogen-bond donors (Lipinski definition) is 1. The molecule has 14 heavy (non-hydrogen) atoms. The summed E-state index contributed by atoms with van der Waals surface area (Å²) in [5.74, 6) is -0.734. The van der Waals surface area contributed by atoms with Gasteiger partial charge in [-0.3, -0.25) is 9.78 Å². The third-order valence-electron chi connectivity index (χ3n) is 2.74. The van der Waals surface area contributed by atoms with E-state index in [0.29, 0.717) is 5.92 Å². The Morgan fingerprint density at radius 3 is 2.86 bits per heavy atom. The van der Waals surface area contributed by atoms with Crippen LogP contribution in [0.15, 0.2) is 18.3 Å². The molecular formula is C11H13NO2. The molecule has 1 heterocycles. The molecule has 0 aromatic carbocycles. The largest absolute Gasteiger partial charge is 0.481 e. The van der Waals surface area contributed by atoms with Gasteiger partial charge in [-0.25, -0.2) is 0 Å². The molecule has 0 amide bonds. The highest BCUT2D eigenvalue weighted by Gasteiger charge is 2.38. The van der Waals surface area contributed by atoms with Crippen LogP contribution in [0.5, 0.6) is 0 Å². The summed E-state index contributed by atoms with van der Waals surface area (Å²) < 4.78 is 0. The van der Waals surface area contributed by atoms with Crippen LogP contribution in [0.3, 0.4) is 0 Å². The van der Waals surface area contributed by atoms with Crippen LogP contribution in [0.25, 0.3) is 0 Å². The Balaban J connectivity index is 2.35. The average molecular weight is 191 g/mol. The molecule has 1 aliphatic carbocycles. The summed E-state index contributed by atoms with van der Waals surface area (Å²) in [6.45, 7) is 1.87. The molecule has 0 radical (unpaired) electrons. The zero-order chi connectivity index (χ0) is 10.1. The Morgan fingerprint density at radius 2 is 2.36 bits per heavy atom. The van der Waals surface area contributed by atoms with Crippen molar-refractivity contribution in [2.75, 3.05) is 0 Å². The Morgan fingerprint density at radius 1 is 1.64 bits per heavy atom. The summed E-state index contributed by atoms with van der Waals surface area (Å²) in [6, 6.07) is 3.68. The molecule has 3 nitrogen and oxygen atoms in total. The fraction of sp³-hybridized carbons (Fsp3) is 0.455. The number of hydrogen-bond acceptors (Lipinski definition) is 2. The quantitative estimate of drug-likeness (QED) is 0.794. The van der Waals surface area contributed by atoms with E-state index in [-0.39, 0.29) is 5.92 Å². The standard InChI is InChI=1S/C11H13NO2/c1-7-9(3-2-6-12-7)10(11(13)14)8-4-5-8/h2-3,6,8,10H,4-5H2,1H3,(H,13,14). The molecule has 0 saturated heterocycles. The number of rotatable bonds is 3. The topological polar surface area (TPSA) is 50.2 Å². The lowest BCUT2D eigenvalue weighted by molar-refractivity contribution is -0.139. The molecule has 0 spiro atoms. The summed E-state index contributed by atoms with van der Waals surface area (Å²) in [7, 11) is 0. The van der Waals surface area contributed by atoms with Crippen LogP contribution < -0.4 is 0 Å². The summed E-state index contributed by atoms with van der Waals surface area (Å²) >= 11 is 0. The summed E-state index contributed by atoms with van der Waals surface area (Å²) in [5.41, 5.74) is 1.72. The van der Waals surface area contributed by atoms with E-state index in [1.54, 1.807) is 12.3 Å². The van der Waals surface area contributed by atoms with E-state index in [0.717, 1.165) is 24.1 Å². The van der Waals surface area contributed by atoms with Crippen molar-refractivity contribution in [2.24, 2.45) is 5.92 Å². The van der Waals surface area contributed by atoms with Crippen LogP contribution in [-0.2, 0) is 4.79 Å². The van der Waals surface area contributed by atoms with Gasteiger partial charge in [0.25, 0.3) is 0 Å². The first kappa shape index (κ1) is 9.19. The van der Waals surface area contributed by atoms with E-state index in [1.165, 1.54) is 0 Å². The fourth-order valence-electron chi connectivity index (χ4n) is 1.84. The third-order valence-corrected chi connectivity index (χ3v) is 2.74. The third kappa shape index (κ3) is 1.62. The van der Waals surface area contributed by atoms with Crippen molar-refractivity contribution in [3.8, 4) is 0 Å². The molecule has 3 heteroatoms. The molecule has 1 aromatic rings. The Bertz CT molecular complexity index is 358. The maximum absolute atomic E-state index is 11.1. The molecule has 1 aromatic heterocycles. The lowest BCUT2D eigenvalue weighted by atomic mass is 9.93. The van der Waals surface area contributed by atoms with Crippen molar-refractivity contribution in [3.05, 3.63) is 29.6 Å². The van der Waals surface area contributed by atoms with Crippen LogP contribution in [0.4, 0.5) is 0 Å². The Labute approximate surface area is 82.8 Å². The highest BCUT2D eigenvalue weighted by atomic mass is 16.4. The molecule has 0 bridgehead atoms. The van der Waals surface area contributed by atoms with Gasteiger partial charge < -0.3 is 5.11 Å². The van der Waals surface area contributed by atoms with Gasteiger partial charge in [0, 0.05) is 11.9 Å². The fourth-order valence-corrected chi connectivity index (χ4v) is 1.84. The van der Waals surface area contributed by atoms with Crippen LogP contribution in [0.1, 0.15) is 30.0 Å². The summed E-state index contributed by atoms with van der Waals surface area (Å²) in [4.78, 5) is 15.2. The molecule has 1 atom stereocenters. The molecular weight excluding hydrogens is 178 g/mol. The van der Waals surface area contributed by atoms with Gasteiger partial charge in [0.2, 0.25) is 0 Å². The number of carbonyl (C=O) groups is 1. The summed E-state index contributed by atoms with van der Waals surface area (Å²) in [5, 5.41) is 9.13. The number of aryl methyl sites for hydroxylation is 1. The molecule has 2 rings (SSSR count). The van der Waals surface area contributed by atoms with Gasteiger partial charge in [-0.2, -0.15) is 0 Å². The highest BCUT2D eigenvalue weighted by Crippen LogP contribution is 2.43. The van der Waals surface area contributed by atoms with Gasteiger partial charge in [-0.05, 0) is 37.3 Å². The van der Waals surface area contributed by atoms with Crippen LogP contribution in [0, 0.1) is 12.8 Å². The van der Waals surface area contributed by atoms with Gasteiger partial charge in [0.15, 0.2) is 0 Å². The summed E-state index contributed by atoms with van der Waals surface area (Å²) in [6.07, 6.45) is 3.77. The lowest BCUT2D eigenvalue weighted by Gasteiger charge is -2.12. The van der Waals surface area contributed by atoms with E-state index in [1.807, 2.05) is 13.0 Å². The second-order valence-corrected chi connectivity index (χ2v) is 3.83. The molecule has 1 fully saturated rings. The van der Waals surface area contributed by atoms with Crippen LogP contribution in [0.2, 0.25) is 0 Å². The minimum atomic E-state index is -0.719. The maximum atomic E-state index is 11.1. The molecule has 1 saturated carbocycles. The second-order valence-electron chi connectivity index (χ2n) is 3.83. The predicted molar refractivity (Wildman–Crippen MR) is 52.1 cm³/mol. The van der Waals surface area contributed by atoms with E-state index in [2.05, 4.69) is 4.98 Å². The van der Waals surface area contributed by atoms with Gasteiger partial charge in [-0.1, -0.05) is 6.07 Å². The molecule has 74 valence electrons. The minimum Gasteiger partial charge on any atom is -0.481 e. The predicted octanol–water partition coefficient (Wildman–Crippen LogP) is 1.97. The number of nitrogens with zero attached hydrogens (tertiary/aromatic N) is 1. The Hall–Kier alpha value is -1.38. The molecule has 1 unspecified atom stereocenters. The Kier molecular flexibility index (Phi) is 2.23. The van der Waals surface area contributed by atoms with Crippen molar-refractivity contribution in [1.82, 2.24) is 4.98 Å². The smallest absolute Gasteiger partial charge is 0.311 e. The number of carboxylic acid groups (broad SMARTS) is 1. The van der Waals surface area contributed by atoms with Crippen molar-refractivity contribution in [1.29, 1.82) is 0 Å². The van der Waals surface area contributed by atoms with Gasteiger partial charge in [0.1, 0.15) is 0 Å². The van der Waals surface area contributed by atoms with Gasteiger partial charge >= 0.3 is 5.97 Å². The van der Waals surface area contributed by atoms with Crippen molar-refractivity contribution < 1.29 is 9.90 Å². The van der Waals surface area contributed by atoms with Crippen molar-refractivity contribution >= 4 is 5.97 Å². The highest BCUT2D eigenvalue weighted by molar-refractivity contribution is 5.77. The SMILES string of the molecule is Cc1ncccc1C(C(=O)O)C1CC1. The van der Waals surface area contributed by atoms with Gasteiger partial charge in [-0.15, -0.1) is 0 Å². The number of pyridine rings is 1. The molecule has 1 aliphatic rings. The normalized spacial score (nSPS) is 17.8. The van der Waals surface area contributed by atoms with Crippen molar-refractivity contribution in [2.45, 2.75) is 25.7 Å². The second kappa shape index (κ2) is 3.40. The zero-order valence-corrected chi connectivity index (χ0v) is 8.10. The maximum Gasteiger partial charge on any atom is 0.311 e. The first-order valence-electron chi connectivity index (χ1n) is 4.84. The monoisotopic (exact) mass is 191 g/mol. The number of carboxylic acids is 1. The molecule has 0 aliphatic heterocycles. The van der Waals surface area contributed by atoms with E-state index in [4.69, 9.17) is 5.11 Å². The van der Waals surface area contributed by atoms with Crippen LogP contribution in [-0.4, -0.2) is 16.1 Å². The zero-order valence-electron chi connectivity index (χ0n) is 8.10. The van der Waals surface area contributed by atoms with Crippen molar-refractivity contribution in [3.63, 3.8) is 0 Å². The van der Waals surface area contributed by atoms with E-state index in [9.17, 15) is 4.79 Å². The number of aromatic nitrogens is 1. The molecule has 1 N–H and O–H groups in total. The van der Waals surface area contributed by atoms with E-state index >= 15 is 0 Å². The van der Waals surface area contributed by atoms with Gasteiger partial charge in [0.05, 0.1) is 5.92 Å². The van der Waals surface area contributed by atoms with E-state index < -0.39 is 5.97 Å².